The molecule has 14 heavy (non-hydrogen) atoms. The zero-order valence-corrected chi connectivity index (χ0v) is 9.33. The van der Waals surface area contributed by atoms with Crippen molar-refractivity contribution in [2.24, 2.45) is 7.05 Å². The van der Waals surface area contributed by atoms with Crippen molar-refractivity contribution in [3.63, 3.8) is 0 Å². The highest BCUT2D eigenvalue weighted by atomic mass is 15.4. The molecule has 0 fully saturated rings. The molecule has 0 radical (unpaired) electrons. The molecular weight excluding hydrogens is 178 g/mol. The van der Waals surface area contributed by atoms with Gasteiger partial charge in [0.15, 0.2) is 0 Å². The number of rotatable bonds is 4. The van der Waals surface area contributed by atoms with Crippen LogP contribution in [0.1, 0.15) is 5.69 Å². The third-order valence-corrected chi connectivity index (χ3v) is 2.30. The second-order valence-corrected chi connectivity index (χ2v) is 3.47. The fourth-order valence-electron chi connectivity index (χ4n) is 1.50. The van der Waals surface area contributed by atoms with Gasteiger partial charge in [0.05, 0.1) is 11.4 Å². The molecule has 1 heterocycles. The van der Waals surface area contributed by atoms with Crippen LogP contribution >= 0.6 is 0 Å². The fraction of sp³-hybridized carbons (Fsp3) is 0.667. The van der Waals surface area contributed by atoms with E-state index in [4.69, 9.17) is 5.73 Å². The van der Waals surface area contributed by atoms with Crippen molar-refractivity contribution in [1.82, 2.24) is 15.1 Å². The van der Waals surface area contributed by atoms with Gasteiger partial charge in [0, 0.05) is 27.2 Å². The molecule has 0 aliphatic rings. The lowest BCUT2D eigenvalue weighted by Gasteiger charge is -2.19. The van der Waals surface area contributed by atoms with Crippen molar-refractivity contribution in [2.45, 2.75) is 6.92 Å². The highest BCUT2D eigenvalue weighted by Gasteiger charge is 2.13. The number of nitrogen functional groups attached to an aromatic ring is 1. The van der Waals surface area contributed by atoms with Crippen LogP contribution in [0.15, 0.2) is 0 Å². The van der Waals surface area contributed by atoms with Crippen LogP contribution in [0, 0.1) is 6.92 Å². The first-order chi connectivity index (χ1) is 6.57. The predicted octanol–water partition coefficient (Wildman–Crippen LogP) is -0.0337. The molecule has 0 saturated heterocycles. The van der Waals surface area contributed by atoms with Gasteiger partial charge in [-0.25, -0.2) is 0 Å². The van der Waals surface area contributed by atoms with Crippen molar-refractivity contribution < 1.29 is 0 Å². The first-order valence-electron chi connectivity index (χ1n) is 4.72. The van der Waals surface area contributed by atoms with Crippen LogP contribution in [0.25, 0.3) is 0 Å². The molecule has 3 N–H and O–H groups in total. The van der Waals surface area contributed by atoms with Crippen LogP contribution in [0.4, 0.5) is 11.5 Å². The van der Waals surface area contributed by atoms with Crippen molar-refractivity contribution in [3.05, 3.63) is 5.69 Å². The van der Waals surface area contributed by atoms with Crippen LogP contribution in [0.3, 0.4) is 0 Å². The van der Waals surface area contributed by atoms with Crippen LogP contribution in [-0.4, -0.2) is 37.0 Å². The largest absolute Gasteiger partial charge is 0.394 e. The van der Waals surface area contributed by atoms with E-state index >= 15 is 0 Å². The number of anilines is 2. The standard InChI is InChI=1S/C9H19N5/c1-7-8(10)9(14(4)12-7)13(3)6-5-11-2/h11H,5-6,10H2,1-4H3. The molecule has 0 bridgehead atoms. The summed E-state index contributed by atoms with van der Waals surface area (Å²) >= 11 is 0. The first-order valence-corrected chi connectivity index (χ1v) is 4.72. The molecule has 0 aliphatic carbocycles. The smallest absolute Gasteiger partial charge is 0.150 e. The summed E-state index contributed by atoms with van der Waals surface area (Å²) in [6, 6.07) is 0. The number of hydrogen-bond acceptors (Lipinski definition) is 4. The van der Waals surface area contributed by atoms with Gasteiger partial charge in [-0.3, -0.25) is 4.68 Å². The number of hydrogen-bond donors (Lipinski definition) is 2. The Morgan fingerprint density at radius 3 is 2.64 bits per heavy atom. The highest BCUT2D eigenvalue weighted by molar-refractivity contribution is 5.65. The Balaban J connectivity index is 2.83. The van der Waals surface area contributed by atoms with Crippen LogP contribution < -0.4 is 16.0 Å². The summed E-state index contributed by atoms with van der Waals surface area (Å²) in [5.74, 6) is 0.984. The average Bonchev–Trinajstić information content (AvgIpc) is 2.38. The van der Waals surface area contributed by atoms with Gasteiger partial charge in [-0.15, -0.1) is 0 Å². The lowest BCUT2D eigenvalue weighted by molar-refractivity contribution is 0.706. The van der Waals surface area contributed by atoms with E-state index in [2.05, 4.69) is 15.3 Å². The van der Waals surface area contributed by atoms with Gasteiger partial charge in [0.2, 0.25) is 0 Å². The Bertz CT molecular complexity index is 304. The van der Waals surface area contributed by atoms with Gasteiger partial charge < -0.3 is 16.0 Å². The number of nitrogens with one attached hydrogen (secondary N) is 1. The molecule has 0 aromatic carbocycles. The van der Waals surface area contributed by atoms with E-state index in [0.29, 0.717) is 0 Å². The molecule has 1 aromatic rings. The molecule has 0 saturated carbocycles. The van der Waals surface area contributed by atoms with E-state index in [-0.39, 0.29) is 0 Å². The van der Waals surface area contributed by atoms with Crippen molar-refractivity contribution in [1.29, 1.82) is 0 Å². The molecule has 0 aliphatic heterocycles. The van der Waals surface area contributed by atoms with Gasteiger partial charge in [-0.2, -0.15) is 5.10 Å². The van der Waals surface area contributed by atoms with E-state index in [1.54, 1.807) is 0 Å². The predicted molar refractivity (Wildman–Crippen MR) is 59.6 cm³/mol. The summed E-state index contributed by atoms with van der Waals surface area (Å²) in [5, 5.41) is 7.37. The van der Waals surface area contributed by atoms with Crippen LogP contribution in [-0.2, 0) is 7.05 Å². The van der Waals surface area contributed by atoms with E-state index in [1.807, 2.05) is 32.7 Å². The number of nitrogens with zero attached hydrogens (tertiary/aromatic N) is 3. The maximum atomic E-state index is 5.93. The average molecular weight is 197 g/mol. The molecule has 1 rings (SSSR count). The van der Waals surface area contributed by atoms with Crippen molar-refractivity contribution in [3.8, 4) is 0 Å². The molecule has 5 nitrogen and oxygen atoms in total. The van der Waals surface area contributed by atoms with Gasteiger partial charge in [0.1, 0.15) is 5.82 Å². The third-order valence-electron chi connectivity index (χ3n) is 2.30. The number of aryl methyl sites for hydroxylation is 2. The van der Waals surface area contributed by atoms with E-state index < -0.39 is 0 Å². The van der Waals surface area contributed by atoms with Gasteiger partial charge >= 0.3 is 0 Å². The lowest BCUT2D eigenvalue weighted by Crippen LogP contribution is -2.29. The lowest BCUT2D eigenvalue weighted by atomic mass is 10.3. The van der Waals surface area contributed by atoms with Gasteiger partial charge in [0.25, 0.3) is 0 Å². The minimum Gasteiger partial charge on any atom is -0.394 e. The summed E-state index contributed by atoms with van der Waals surface area (Å²) in [6.07, 6.45) is 0. The van der Waals surface area contributed by atoms with Gasteiger partial charge in [-0.1, -0.05) is 0 Å². The molecule has 80 valence electrons. The zero-order valence-electron chi connectivity index (χ0n) is 9.33. The number of nitrogens with two attached hydrogens (primary N) is 1. The van der Waals surface area contributed by atoms with Crippen molar-refractivity contribution in [2.75, 3.05) is 37.8 Å². The molecule has 0 spiro atoms. The Kier molecular flexibility index (Phi) is 3.35. The molecule has 0 unspecified atom stereocenters. The normalized spacial score (nSPS) is 10.6. The molecular formula is C9H19N5. The van der Waals surface area contributed by atoms with Crippen LogP contribution in [0.5, 0.6) is 0 Å². The second kappa shape index (κ2) is 4.32. The Morgan fingerprint density at radius 2 is 2.21 bits per heavy atom. The Hall–Kier alpha value is -1.23. The highest BCUT2D eigenvalue weighted by Crippen LogP contribution is 2.23. The summed E-state index contributed by atoms with van der Waals surface area (Å²) < 4.78 is 1.82. The summed E-state index contributed by atoms with van der Waals surface area (Å²) in [4.78, 5) is 2.10. The van der Waals surface area contributed by atoms with Crippen LogP contribution in [0.2, 0.25) is 0 Å². The Labute approximate surface area is 84.9 Å². The molecule has 0 amide bonds. The maximum Gasteiger partial charge on any atom is 0.150 e. The topological polar surface area (TPSA) is 59.1 Å². The summed E-state index contributed by atoms with van der Waals surface area (Å²) in [7, 11) is 5.87. The van der Waals surface area contributed by atoms with Gasteiger partial charge in [-0.05, 0) is 14.0 Å². The maximum absolute atomic E-state index is 5.93. The molecule has 0 atom stereocenters. The summed E-state index contributed by atoms with van der Waals surface area (Å²) in [5.41, 5.74) is 7.59. The van der Waals surface area contributed by atoms with E-state index in [0.717, 1.165) is 30.3 Å². The first kappa shape index (κ1) is 10.8. The minimum absolute atomic E-state index is 0.770. The fourth-order valence-corrected chi connectivity index (χ4v) is 1.50. The zero-order chi connectivity index (χ0) is 10.7. The molecule has 5 heteroatoms. The summed E-state index contributed by atoms with van der Waals surface area (Å²) in [6.45, 7) is 3.77. The quantitative estimate of drug-likeness (QED) is 0.711. The van der Waals surface area contributed by atoms with E-state index in [9.17, 15) is 0 Å². The number of likely N-dealkylation sites (N-methyl/N-ethyl adjacent to an activating group) is 2. The van der Waals surface area contributed by atoms with Crippen molar-refractivity contribution >= 4 is 11.5 Å². The molecule has 1 aromatic heterocycles. The SMILES string of the molecule is CNCCN(C)c1c(N)c(C)nn1C. The number of aromatic nitrogens is 2. The van der Waals surface area contributed by atoms with E-state index in [1.165, 1.54) is 0 Å². The monoisotopic (exact) mass is 197 g/mol. The second-order valence-electron chi connectivity index (χ2n) is 3.47. The third kappa shape index (κ3) is 1.98. The minimum atomic E-state index is 0.770. The Morgan fingerprint density at radius 1 is 1.57 bits per heavy atom.